The molecule has 1 aromatic carbocycles. The van der Waals surface area contributed by atoms with E-state index in [0.29, 0.717) is 5.92 Å². The van der Waals surface area contributed by atoms with Crippen molar-refractivity contribution in [2.45, 2.75) is 46.0 Å². The molecule has 1 aliphatic rings. The Labute approximate surface area is 93.5 Å². The lowest BCUT2D eigenvalue weighted by atomic mass is 9.83. The van der Waals surface area contributed by atoms with E-state index in [1.54, 1.807) is 7.11 Å². The molecule has 0 aromatic heterocycles. The first kappa shape index (κ1) is 12.1. The average molecular weight is 206 g/mol. The minimum Gasteiger partial charge on any atom is -0.496 e. The zero-order valence-corrected chi connectivity index (χ0v) is 10.3. The van der Waals surface area contributed by atoms with Crippen LogP contribution in [-0.4, -0.2) is 7.11 Å². The summed E-state index contributed by atoms with van der Waals surface area (Å²) in [5.74, 6) is 1.78. The number of fused-ring (bicyclic) bond motifs is 1. The largest absolute Gasteiger partial charge is 0.496 e. The zero-order valence-electron chi connectivity index (χ0n) is 10.3. The smallest absolute Gasteiger partial charge is 0.122 e. The SMILES string of the molecule is CC.COc1cccc2c1CCCC2C. The maximum atomic E-state index is 5.36. The van der Waals surface area contributed by atoms with E-state index in [-0.39, 0.29) is 0 Å². The van der Waals surface area contributed by atoms with Gasteiger partial charge in [0.25, 0.3) is 0 Å². The summed E-state index contributed by atoms with van der Waals surface area (Å²) in [5, 5.41) is 0. The van der Waals surface area contributed by atoms with Crippen molar-refractivity contribution in [3.63, 3.8) is 0 Å². The van der Waals surface area contributed by atoms with Crippen LogP contribution in [0.15, 0.2) is 18.2 Å². The average Bonchev–Trinajstić information content (AvgIpc) is 2.32. The highest BCUT2D eigenvalue weighted by molar-refractivity contribution is 5.43. The van der Waals surface area contributed by atoms with E-state index in [4.69, 9.17) is 4.74 Å². The molecule has 0 saturated heterocycles. The maximum absolute atomic E-state index is 5.36. The molecular formula is C14H22O. The van der Waals surface area contributed by atoms with E-state index in [1.807, 2.05) is 13.8 Å². The van der Waals surface area contributed by atoms with Crippen molar-refractivity contribution in [2.24, 2.45) is 0 Å². The fourth-order valence-corrected chi connectivity index (χ4v) is 2.24. The molecule has 1 aliphatic carbocycles. The third-order valence-corrected chi connectivity index (χ3v) is 2.98. The highest BCUT2D eigenvalue weighted by atomic mass is 16.5. The highest BCUT2D eigenvalue weighted by Gasteiger charge is 2.18. The summed E-state index contributed by atoms with van der Waals surface area (Å²) in [4.78, 5) is 0. The summed E-state index contributed by atoms with van der Waals surface area (Å²) in [5.41, 5.74) is 2.93. The summed E-state index contributed by atoms with van der Waals surface area (Å²) >= 11 is 0. The molecule has 0 heterocycles. The van der Waals surface area contributed by atoms with Crippen molar-refractivity contribution in [1.29, 1.82) is 0 Å². The number of ether oxygens (including phenoxy) is 1. The molecule has 0 amide bonds. The first-order valence-electron chi connectivity index (χ1n) is 5.98. The molecular weight excluding hydrogens is 184 g/mol. The minimum absolute atomic E-state index is 0.707. The maximum Gasteiger partial charge on any atom is 0.122 e. The van der Waals surface area contributed by atoms with Gasteiger partial charge in [-0.3, -0.25) is 0 Å². The molecule has 0 radical (unpaired) electrons. The molecule has 0 aliphatic heterocycles. The van der Waals surface area contributed by atoms with Crippen LogP contribution < -0.4 is 4.74 Å². The third kappa shape index (κ3) is 2.53. The normalized spacial score (nSPS) is 18.5. The van der Waals surface area contributed by atoms with Gasteiger partial charge >= 0.3 is 0 Å². The van der Waals surface area contributed by atoms with Gasteiger partial charge in [-0.25, -0.2) is 0 Å². The molecule has 0 spiro atoms. The quantitative estimate of drug-likeness (QED) is 0.670. The van der Waals surface area contributed by atoms with Crippen molar-refractivity contribution in [3.05, 3.63) is 29.3 Å². The van der Waals surface area contributed by atoms with E-state index >= 15 is 0 Å². The van der Waals surface area contributed by atoms with Crippen LogP contribution >= 0.6 is 0 Å². The van der Waals surface area contributed by atoms with Crippen molar-refractivity contribution >= 4 is 0 Å². The standard InChI is InChI=1S/C12H16O.C2H6/c1-9-5-3-7-11-10(9)6-4-8-12(11)13-2;1-2/h4,6,8-9H,3,5,7H2,1-2H3;1-2H3. The molecule has 84 valence electrons. The summed E-state index contributed by atoms with van der Waals surface area (Å²) in [7, 11) is 1.76. The predicted octanol–water partition coefficient (Wildman–Crippen LogP) is 4.16. The van der Waals surface area contributed by atoms with E-state index in [2.05, 4.69) is 25.1 Å². The van der Waals surface area contributed by atoms with Crippen LogP contribution in [0.3, 0.4) is 0 Å². The van der Waals surface area contributed by atoms with Crippen LogP contribution in [0.5, 0.6) is 5.75 Å². The van der Waals surface area contributed by atoms with Crippen LogP contribution in [0, 0.1) is 0 Å². The molecule has 15 heavy (non-hydrogen) atoms. The Morgan fingerprint density at radius 1 is 1.27 bits per heavy atom. The first-order valence-corrected chi connectivity index (χ1v) is 5.98. The Morgan fingerprint density at radius 3 is 2.67 bits per heavy atom. The molecule has 0 fully saturated rings. The molecule has 1 aromatic rings. The van der Waals surface area contributed by atoms with Gasteiger partial charge in [-0.1, -0.05) is 32.9 Å². The first-order chi connectivity index (χ1) is 7.33. The predicted molar refractivity (Wildman–Crippen MR) is 65.7 cm³/mol. The van der Waals surface area contributed by atoms with Crippen LogP contribution in [0.1, 0.15) is 50.7 Å². The van der Waals surface area contributed by atoms with Gasteiger partial charge in [-0.05, 0) is 42.4 Å². The molecule has 0 bridgehead atoms. The fourth-order valence-electron chi connectivity index (χ4n) is 2.24. The van der Waals surface area contributed by atoms with Crippen LogP contribution in [-0.2, 0) is 6.42 Å². The summed E-state index contributed by atoms with van der Waals surface area (Å²) < 4.78 is 5.36. The number of hydrogen-bond acceptors (Lipinski definition) is 1. The monoisotopic (exact) mass is 206 g/mol. The molecule has 2 rings (SSSR count). The number of methoxy groups -OCH3 is 1. The van der Waals surface area contributed by atoms with Gasteiger partial charge in [0.2, 0.25) is 0 Å². The van der Waals surface area contributed by atoms with Gasteiger partial charge < -0.3 is 4.74 Å². The number of rotatable bonds is 1. The van der Waals surface area contributed by atoms with Crippen molar-refractivity contribution in [1.82, 2.24) is 0 Å². The summed E-state index contributed by atoms with van der Waals surface area (Å²) in [6.07, 6.45) is 3.80. The lowest BCUT2D eigenvalue weighted by Crippen LogP contribution is -2.08. The summed E-state index contributed by atoms with van der Waals surface area (Å²) in [6, 6.07) is 6.40. The van der Waals surface area contributed by atoms with Gasteiger partial charge in [-0.15, -0.1) is 0 Å². The Morgan fingerprint density at radius 2 is 2.00 bits per heavy atom. The minimum atomic E-state index is 0.707. The molecule has 1 nitrogen and oxygen atoms in total. The van der Waals surface area contributed by atoms with E-state index in [1.165, 1.54) is 30.4 Å². The second-order valence-corrected chi connectivity index (χ2v) is 3.82. The number of benzene rings is 1. The molecule has 0 saturated carbocycles. The van der Waals surface area contributed by atoms with Crippen molar-refractivity contribution < 1.29 is 4.74 Å². The van der Waals surface area contributed by atoms with Gasteiger partial charge in [0, 0.05) is 0 Å². The third-order valence-electron chi connectivity index (χ3n) is 2.98. The Kier molecular flexibility index (Phi) is 4.67. The van der Waals surface area contributed by atoms with Gasteiger partial charge in [0.1, 0.15) is 5.75 Å². The van der Waals surface area contributed by atoms with Crippen molar-refractivity contribution in [3.8, 4) is 5.75 Å². The van der Waals surface area contributed by atoms with Crippen LogP contribution in [0.2, 0.25) is 0 Å². The molecule has 1 heteroatoms. The second kappa shape index (κ2) is 5.79. The zero-order chi connectivity index (χ0) is 11.3. The lowest BCUT2D eigenvalue weighted by Gasteiger charge is -2.23. The van der Waals surface area contributed by atoms with Gasteiger partial charge in [-0.2, -0.15) is 0 Å². The van der Waals surface area contributed by atoms with Crippen molar-refractivity contribution in [2.75, 3.05) is 7.11 Å². The van der Waals surface area contributed by atoms with Crippen LogP contribution in [0.4, 0.5) is 0 Å². The van der Waals surface area contributed by atoms with Gasteiger partial charge in [0.05, 0.1) is 7.11 Å². The van der Waals surface area contributed by atoms with Crippen LogP contribution in [0.25, 0.3) is 0 Å². The fraction of sp³-hybridized carbons (Fsp3) is 0.571. The second-order valence-electron chi connectivity index (χ2n) is 3.82. The summed E-state index contributed by atoms with van der Waals surface area (Å²) in [6.45, 7) is 6.30. The molecule has 0 N–H and O–H groups in total. The molecule has 1 atom stereocenters. The van der Waals surface area contributed by atoms with E-state index < -0.39 is 0 Å². The highest BCUT2D eigenvalue weighted by Crippen LogP contribution is 2.35. The molecule has 1 unspecified atom stereocenters. The topological polar surface area (TPSA) is 9.23 Å². The lowest BCUT2D eigenvalue weighted by molar-refractivity contribution is 0.404. The van der Waals surface area contributed by atoms with E-state index in [0.717, 1.165) is 5.75 Å². The number of hydrogen-bond donors (Lipinski definition) is 0. The van der Waals surface area contributed by atoms with Gasteiger partial charge in [0.15, 0.2) is 0 Å². The Bertz CT molecular complexity index is 304. The van der Waals surface area contributed by atoms with E-state index in [9.17, 15) is 0 Å². The Hall–Kier alpha value is -0.980. The Balaban J connectivity index is 0.000000531.